The van der Waals surface area contributed by atoms with E-state index in [1.807, 2.05) is 24.6 Å². The second-order valence-electron chi connectivity index (χ2n) is 5.97. The van der Waals surface area contributed by atoms with E-state index in [4.69, 9.17) is 0 Å². The maximum Gasteiger partial charge on any atom is 0.0931 e. The van der Waals surface area contributed by atoms with E-state index in [2.05, 4.69) is 36.0 Å². The van der Waals surface area contributed by atoms with Crippen LogP contribution in [0.3, 0.4) is 0 Å². The standard InChI is InChI=1S/C15H27N3S/c1-11(2)18-7-5-6-13(10-18)8-15-17-9-14(19-15)12(3)16-4/h9,11-13,16H,5-8,10H2,1-4H3. The number of aromatic nitrogens is 1. The first kappa shape index (κ1) is 14.9. The molecule has 1 aliphatic heterocycles. The van der Waals surface area contributed by atoms with Gasteiger partial charge in [0.1, 0.15) is 0 Å². The SMILES string of the molecule is CNC(C)c1cnc(CC2CCCN(C(C)C)C2)s1. The minimum Gasteiger partial charge on any atom is -0.312 e. The van der Waals surface area contributed by atoms with E-state index in [9.17, 15) is 0 Å². The Kier molecular flexibility index (Phi) is 5.37. The molecule has 1 aromatic heterocycles. The molecule has 0 amide bonds. The molecular weight excluding hydrogens is 254 g/mol. The molecule has 19 heavy (non-hydrogen) atoms. The molecule has 1 saturated heterocycles. The number of hydrogen-bond acceptors (Lipinski definition) is 4. The van der Waals surface area contributed by atoms with Crippen LogP contribution in [0.15, 0.2) is 6.20 Å². The molecule has 4 heteroatoms. The van der Waals surface area contributed by atoms with E-state index in [0.29, 0.717) is 12.1 Å². The van der Waals surface area contributed by atoms with Gasteiger partial charge < -0.3 is 10.2 Å². The van der Waals surface area contributed by atoms with Gasteiger partial charge in [-0.3, -0.25) is 0 Å². The van der Waals surface area contributed by atoms with Gasteiger partial charge in [0.15, 0.2) is 0 Å². The first-order valence-corrected chi connectivity index (χ1v) is 8.27. The lowest BCUT2D eigenvalue weighted by atomic mass is 9.94. The van der Waals surface area contributed by atoms with Crippen molar-refractivity contribution < 1.29 is 0 Å². The molecule has 108 valence electrons. The van der Waals surface area contributed by atoms with Crippen LogP contribution in [0.4, 0.5) is 0 Å². The number of likely N-dealkylation sites (tertiary alicyclic amines) is 1. The highest BCUT2D eigenvalue weighted by atomic mass is 32.1. The Labute approximate surface area is 121 Å². The van der Waals surface area contributed by atoms with Crippen LogP contribution in [-0.4, -0.2) is 36.1 Å². The Hall–Kier alpha value is -0.450. The molecule has 0 aromatic carbocycles. The van der Waals surface area contributed by atoms with Crippen molar-refractivity contribution in [1.29, 1.82) is 0 Å². The fourth-order valence-electron chi connectivity index (χ4n) is 2.74. The first-order valence-electron chi connectivity index (χ1n) is 7.46. The van der Waals surface area contributed by atoms with Crippen molar-refractivity contribution >= 4 is 11.3 Å². The molecule has 1 N–H and O–H groups in total. The lowest BCUT2D eigenvalue weighted by Crippen LogP contribution is -2.40. The molecule has 2 atom stereocenters. The van der Waals surface area contributed by atoms with Crippen molar-refractivity contribution in [3.63, 3.8) is 0 Å². The number of piperidine rings is 1. The zero-order chi connectivity index (χ0) is 13.8. The smallest absolute Gasteiger partial charge is 0.0931 e. The Morgan fingerprint density at radius 3 is 2.95 bits per heavy atom. The highest BCUT2D eigenvalue weighted by Gasteiger charge is 2.22. The Morgan fingerprint density at radius 1 is 1.47 bits per heavy atom. The second-order valence-corrected chi connectivity index (χ2v) is 7.11. The van der Waals surface area contributed by atoms with Gasteiger partial charge >= 0.3 is 0 Å². The van der Waals surface area contributed by atoms with E-state index >= 15 is 0 Å². The van der Waals surface area contributed by atoms with Gasteiger partial charge in [0.25, 0.3) is 0 Å². The van der Waals surface area contributed by atoms with E-state index in [1.54, 1.807) is 0 Å². The maximum absolute atomic E-state index is 4.61. The fraction of sp³-hybridized carbons (Fsp3) is 0.800. The molecule has 2 rings (SSSR count). The molecule has 2 unspecified atom stereocenters. The molecule has 0 spiro atoms. The van der Waals surface area contributed by atoms with Gasteiger partial charge in [-0.2, -0.15) is 0 Å². The van der Waals surface area contributed by atoms with Crippen LogP contribution in [0.2, 0.25) is 0 Å². The predicted octanol–water partition coefficient (Wildman–Crippen LogP) is 3.09. The van der Waals surface area contributed by atoms with Crippen LogP contribution in [0.5, 0.6) is 0 Å². The molecule has 2 heterocycles. The molecule has 1 fully saturated rings. The summed E-state index contributed by atoms with van der Waals surface area (Å²) in [6.07, 6.45) is 5.91. The topological polar surface area (TPSA) is 28.2 Å². The monoisotopic (exact) mass is 281 g/mol. The fourth-order valence-corrected chi connectivity index (χ4v) is 3.84. The minimum absolute atomic E-state index is 0.421. The third-order valence-electron chi connectivity index (χ3n) is 4.18. The summed E-state index contributed by atoms with van der Waals surface area (Å²) in [5.74, 6) is 0.792. The van der Waals surface area contributed by atoms with Crippen LogP contribution in [0, 0.1) is 5.92 Å². The molecule has 1 aliphatic rings. The summed E-state index contributed by atoms with van der Waals surface area (Å²) >= 11 is 1.88. The van der Waals surface area contributed by atoms with Crippen LogP contribution >= 0.6 is 11.3 Å². The van der Waals surface area contributed by atoms with Crippen molar-refractivity contribution in [1.82, 2.24) is 15.2 Å². The van der Waals surface area contributed by atoms with E-state index in [-0.39, 0.29) is 0 Å². The van der Waals surface area contributed by atoms with Gasteiger partial charge in [0.2, 0.25) is 0 Å². The summed E-state index contributed by atoms with van der Waals surface area (Å²) in [6.45, 7) is 9.32. The average molecular weight is 281 g/mol. The van der Waals surface area contributed by atoms with Crippen LogP contribution in [0.1, 0.15) is 49.5 Å². The maximum atomic E-state index is 4.61. The lowest BCUT2D eigenvalue weighted by molar-refractivity contribution is 0.139. The Balaban J connectivity index is 1.91. The lowest BCUT2D eigenvalue weighted by Gasteiger charge is -2.35. The molecular formula is C15H27N3S. The van der Waals surface area contributed by atoms with Gasteiger partial charge in [-0.1, -0.05) is 0 Å². The van der Waals surface area contributed by atoms with Crippen LogP contribution in [-0.2, 0) is 6.42 Å². The number of thiazole rings is 1. The van der Waals surface area contributed by atoms with Gasteiger partial charge in [-0.25, -0.2) is 4.98 Å². The molecule has 1 aromatic rings. The Morgan fingerprint density at radius 2 is 2.26 bits per heavy atom. The van der Waals surface area contributed by atoms with E-state index in [0.717, 1.165) is 12.3 Å². The van der Waals surface area contributed by atoms with Crippen LogP contribution in [0.25, 0.3) is 0 Å². The van der Waals surface area contributed by atoms with Crippen molar-refractivity contribution in [3.8, 4) is 0 Å². The van der Waals surface area contributed by atoms with Crippen molar-refractivity contribution in [2.45, 2.75) is 52.1 Å². The zero-order valence-electron chi connectivity index (χ0n) is 12.6. The molecule has 0 aliphatic carbocycles. The quantitative estimate of drug-likeness (QED) is 0.899. The Bertz CT molecular complexity index is 388. The van der Waals surface area contributed by atoms with Crippen molar-refractivity contribution in [2.24, 2.45) is 5.92 Å². The summed E-state index contributed by atoms with van der Waals surface area (Å²) in [6, 6.07) is 1.10. The first-order chi connectivity index (χ1) is 9.10. The minimum atomic E-state index is 0.421. The van der Waals surface area contributed by atoms with E-state index < -0.39 is 0 Å². The van der Waals surface area contributed by atoms with Gasteiger partial charge in [0.05, 0.1) is 5.01 Å². The number of nitrogens with zero attached hydrogens (tertiary/aromatic N) is 2. The van der Waals surface area contributed by atoms with E-state index in [1.165, 1.54) is 35.8 Å². The number of nitrogens with one attached hydrogen (secondary N) is 1. The molecule has 0 bridgehead atoms. The number of rotatable bonds is 5. The summed E-state index contributed by atoms with van der Waals surface area (Å²) in [5, 5.41) is 4.60. The normalized spacial score (nSPS) is 22.9. The summed E-state index contributed by atoms with van der Waals surface area (Å²) in [7, 11) is 2.01. The largest absolute Gasteiger partial charge is 0.312 e. The third kappa shape index (κ3) is 4.01. The number of hydrogen-bond donors (Lipinski definition) is 1. The molecule has 3 nitrogen and oxygen atoms in total. The second kappa shape index (κ2) is 6.82. The van der Waals surface area contributed by atoms with Crippen molar-refractivity contribution in [3.05, 3.63) is 16.1 Å². The molecule has 0 radical (unpaired) electrons. The summed E-state index contributed by atoms with van der Waals surface area (Å²) < 4.78 is 0. The highest BCUT2D eigenvalue weighted by molar-refractivity contribution is 7.11. The van der Waals surface area contributed by atoms with Gasteiger partial charge in [-0.15, -0.1) is 11.3 Å². The van der Waals surface area contributed by atoms with Gasteiger partial charge in [-0.05, 0) is 53.1 Å². The highest BCUT2D eigenvalue weighted by Crippen LogP contribution is 2.26. The summed E-state index contributed by atoms with van der Waals surface area (Å²) in [5.41, 5.74) is 0. The average Bonchev–Trinajstić information content (AvgIpc) is 2.86. The summed E-state index contributed by atoms with van der Waals surface area (Å²) in [4.78, 5) is 8.57. The zero-order valence-corrected chi connectivity index (χ0v) is 13.5. The molecule has 0 saturated carbocycles. The van der Waals surface area contributed by atoms with Crippen LogP contribution < -0.4 is 5.32 Å². The third-order valence-corrected chi connectivity index (χ3v) is 5.38. The van der Waals surface area contributed by atoms with Gasteiger partial charge in [0, 0.05) is 36.1 Å². The predicted molar refractivity (Wildman–Crippen MR) is 82.7 cm³/mol. The van der Waals surface area contributed by atoms with Crippen molar-refractivity contribution in [2.75, 3.05) is 20.1 Å².